The van der Waals surface area contributed by atoms with Crippen molar-refractivity contribution in [2.75, 3.05) is 7.11 Å². The molecule has 0 fully saturated rings. The highest BCUT2D eigenvalue weighted by molar-refractivity contribution is 5.93. The SMILES string of the molecule is CC[C@H](O)CCC(=O)Cc1ccc2nc(-c3ccccc3OC)c(-c3ccccc3F)cc2c1. The van der Waals surface area contributed by atoms with Crippen LogP contribution in [0.2, 0.25) is 0 Å². The Kier molecular flexibility index (Phi) is 7.33. The van der Waals surface area contributed by atoms with E-state index >= 15 is 0 Å². The summed E-state index contributed by atoms with van der Waals surface area (Å²) in [6.07, 6.45) is 1.31. The minimum absolute atomic E-state index is 0.0831. The van der Waals surface area contributed by atoms with Crippen LogP contribution in [0, 0.1) is 5.82 Å². The van der Waals surface area contributed by atoms with Gasteiger partial charge in [0.2, 0.25) is 0 Å². The van der Waals surface area contributed by atoms with Gasteiger partial charge in [0, 0.05) is 34.9 Å². The average Bonchev–Trinajstić information content (AvgIpc) is 2.86. The van der Waals surface area contributed by atoms with Gasteiger partial charge in [0.1, 0.15) is 17.3 Å². The van der Waals surface area contributed by atoms with E-state index in [1.807, 2.05) is 55.5 Å². The van der Waals surface area contributed by atoms with Gasteiger partial charge >= 0.3 is 0 Å². The third-order valence-electron chi connectivity index (χ3n) is 6.03. The number of pyridine rings is 1. The molecule has 174 valence electrons. The maximum absolute atomic E-state index is 14.9. The van der Waals surface area contributed by atoms with Crippen molar-refractivity contribution in [2.24, 2.45) is 0 Å². The van der Waals surface area contributed by atoms with Gasteiger partial charge in [-0.25, -0.2) is 9.37 Å². The molecule has 0 bridgehead atoms. The summed E-state index contributed by atoms with van der Waals surface area (Å²) in [5, 5.41) is 10.6. The van der Waals surface area contributed by atoms with Gasteiger partial charge < -0.3 is 9.84 Å². The zero-order valence-electron chi connectivity index (χ0n) is 19.4. The minimum Gasteiger partial charge on any atom is -0.496 e. The third-order valence-corrected chi connectivity index (χ3v) is 6.03. The van der Waals surface area contributed by atoms with Gasteiger partial charge in [-0.05, 0) is 54.8 Å². The van der Waals surface area contributed by atoms with Crippen molar-refractivity contribution >= 4 is 16.7 Å². The standard InChI is InChI=1S/C29H28FNO3/c1-3-21(32)13-14-22(33)17-19-12-15-27-20(16-19)18-25(23-8-4-6-10-26(23)30)29(31-27)24-9-5-7-11-28(24)34-2/h4-12,15-16,18,21,32H,3,13-14,17H2,1-2H3/t21-/m0/s1. The molecule has 4 rings (SSSR count). The summed E-state index contributed by atoms with van der Waals surface area (Å²) in [5.74, 6) is 0.406. The Labute approximate surface area is 199 Å². The average molecular weight is 458 g/mol. The Morgan fingerprint density at radius 2 is 1.74 bits per heavy atom. The Morgan fingerprint density at radius 1 is 1.00 bits per heavy atom. The second-order valence-corrected chi connectivity index (χ2v) is 8.41. The number of hydrogen-bond acceptors (Lipinski definition) is 4. The number of para-hydroxylation sites is 1. The fourth-order valence-corrected chi connectivity index (χ4v) is 4.11. The molecule has 4 nitrogen and oxygen atoms in total. The van der Waals surface area contributed by atoms with E-state index < -0.39 is 6.10 Å². The first-order valence-electron chi connectivity index (χ1n) is 11.5. The fraction of sp³-hybridized carbons (Fsp3) is 0.241. The van der Waals surface area contributed by atoms with Gasteiger partial charge in [-0.3, -0.25) is 4.79 Å². The Balaban J connectivity index is 1.79. The van der Waals surface area contributed by atoms with Gasteiger partial charge in [0.15, 0.2) is 0 Å². The van der Waals surface area contributed by atoms with Crippen molar-refractivity contribution in [3.63, 3.8) is 0 Å². The number of hydrogen-bond donors (Lipinski definition) is 1. The van der Waals surface area contributed by atoms with Crippen LogP contribution in [0.5, 0.6) is 5.75 Å². The number of nitrogens with zero attached hydrogens (tertiary/aromatic N) is 1. The summed E-state index contributed by atoms with van der Waals surface area (Å²) in [7, 11) is 1.60. The number of aliphatic hydroxyl groups is 1. The molecule has 1 atom stereocenters. The van der Waals surface area contributed by atoms with Gasteiger partial charge in [-0.15, -0.1) is 0 Å². The number of ketones is 1. The molecule has 0 spiro atoms. The molecule has 0 aliphatic rings. The lowest BCUT2D eigenvalue weighted by molar-refractivity contribution is -0.119. The first-order valence-corrected chi connectivity index (χ1v) is 11.5. The molecule has 0 amide bonds. The van der Waals surface area contributed by atoms with Crippen LogP contribution >= 0.6 is 0 Å². The molecule has 4 aromatic rings. The van der Waals surface area contributed by atoms with Crippen molar-refractivity contribution in [3.05, 3.63) is 84.2 Å². The summed E-state index contributed by atoms with van der Waals surface area (Å²) < 4.78 is 20.4. The fourth-order valence-electron chi connectivity index (χ4n) is 4.11. The summed E-state index contributed by atoms with van der Waals surface area (Å²) in [4.78, 5) is 17.3. The molecule has 1 N–H and O–H groups in total. The number of ether oxygens (including phenoxy) is 1. The number of halogens is 1. The molecule has 0 saturated heterocycles. The summed E-state index contributed by atoms with van der Waals surface area (Å²) in [6.45, 7) is 1.90. The lowest BCUT2D eigenvalue weighted by Crippen LogP contribution is -2.10. The van der Waals surface area contributed by atoms with Gasteiger partial charge in [-0.1, -0.05) is 43.3 Å². The summed E-state index contributed by atoms with van der Waals surface area (Å²) >= 11 is 0. The van der Waals surface area contributed by atoms with Crippen LogP contribution in [0.3, 0.4) is 0 Å². The van der Waals surface area contributed by atoms with Crippen LogP contribution in [0.4, 0.5) is 4.39 Å². The zero-order chi connectivity index (χ0) is 24.1. The molecule has 1 aromatic heterocycles. The van der Waals surface area contributed by atoms with Gasteiger partial charge in [0.25, 0.3) is 0 Å². The molecular formula is C29H28FNO3. The smallest absolute Gasteiger partial charge is 0.137 e. The Bertz CT molecular complexity index is 1320. The predicted octanol–water partition coefficient (Wildman–Crippen LogP) is 6.38. The van der Waals surface area contributed by atoms with Crippen LogP contribution in [0.1, 0.15) is 31.7 Å². The molecule has 0 radical (unpaired) electrons. The van der Waals surface area contributed by atoms with E-state index in [-0.39, 0.29) is 18.0 Å². The molecule has 0 aliphatic carbocycles. The highest BCUT2D eigenvalue weighted by atomic mass is 19.1. The number of methoxy groups -OCH3 is 1. The lowest BCUT2D eigenvalue weighted by atomic mass is 9.95. The van der Waals surface area contributed by atoms with Gasteiger partial charge in [0.05, 0.1) is 24.4 Å². The van der Waals surface area contributed by atoms with Crippen LogP contribution in [0.15, 0.2) is 72.8 Å². The summed E-state index contributed by atoms with van der Waals surface area (Å²) in [5.41, 5.74) is 4.14. The first kappa shape index (κ1) is 23.6. The maximum Gasteiger partial charge on any atom is 0.137 e. The summed E-state index contributed by atoms with van der Waals surface area (Å²) in [6, 6.07) is 21.9. The molecule has 34 heavy (non-hydrogen) atoms. The second-order valence-electron chi connectivity index (χ2n) is 8.41. The van der Waals surface area contributed by atoms with Crippen LogP contribution in [-0.2, 0) is 11.2 Å². The molecule has 0 unspecified atom stereocenters. The van der Waals surface area contributed by atoms with Crippen molar-refractivity contribution in [3.8, 4) is 28.1 Å². The molecule has 3 aromatic carbocycles. The van der Waals surface area contributed by atoms with E-state index in [0.717, 1.165) is 22.0 Å². The number of fused-ring (bicyclic) bond motifs is 1. The van der Waals surface area contributed by atoms with Crippen LogP contribution in [0.25, 0.3) is 33.3 Å². The normalized spacial score (nSPS) is 12.0. The van der Waals surface area contributed by atoms with E-state index in [1.54, 1.807) is 25.3 Å². The van der Waals surface area contributed by atoms with Crippen molar-refractivity contribution in [1.82, 2.24) is 4.98 Å². The monoisotopic (exact) mass is 457 g/mol. The third kappa shape index (κ3) is 5.15. The number of carbonyl (C=O) groups excluding carboxylic acids is 1. The minimum atomic E-state index is -0.443. The Morgan fingerprint density at radius 3 is 2.47 bits per heavy atom. The van der Waals surface area contributed by atoms with Crippen LogP contribution in [-0.4, -0.2) is 29.1 Å². The number of rotatable bonds is 9. The Hall–Kier alpha value is -3.57. The molecule has 0 aliphatic heterocycles. The number of carbonyl (C=O) groups is 1. The largest absolute Gasteiger partial charge is 0.496 e. The highest BCUT2D eigenvalue weighted by Gasteiger charge is 2.17. The second kappa shape index (κ2) is 10.6. The van der Waals surface area contributed by atoms with Crippen molar-refractivity contribution in [2.45, 2.75) is 38.7 Å². The number of aromatic nitrogens is 1. The van der Waals surface area contributed by atoms with Crippen LogP contribution < -0.4 is 4.74 Å². The number of Topliss-reactive ketones (excluding diaryl/α,β-unsaturated/α-hetero) is 1. The zero-order valence-corrected chi connectivity index (χ0v) is 19.4. The lowest BCUT2D eigenvalue weighted by Gasteiger charge is -2.15. The molecule has 0 saturated carbocycles. The number of benzene rings is 3. The van der Waals surface area contributed by atoms with E-state index in [2.05, 4.69) is 0 Å². The van der Waals surface area contributed by atoms with Crippen molar-refractivity contribution in [1.29, 1.82) is 0 Å². The highest BCUT2D eigenvalue weighted by Crippen LogP contribution is 2.38. The predicted molar refractivity (Wildman–Crippen MR) is 133 cm³/mol. The van der Waals surface area contributed by atoms with E-state index in [9.17, 15) is 14.3 Å². The van der Waals surface area contributed by atoms with Crippen molar-refractivity contribution < 1.29 is 19.0 Å². The van der Waals surface area contributed by atoms with Gasteiger partial charge in [-0.2, -0.15) is 0 Å². The quantitative estimate of drug-likeness (QED) is 0.317. The molecule has 5 heteroatoms. The maximum atomic E-state index is 14.9. The first-order chi connectivity index (χ1) is 16.5. The van der Waals surface area contributed by atoms with E-state index in [1.165, 1.54) is 6.07 Å². The molecular weight excluding hydrogens is 429 g/mol. The number of aliphatic hydroxyl groups excluding tert-OH is 1. The topological polar surface area (TPSA) is 59.4 Å². The van der Waals surface area contributed by atoms with E-state index in [4.69, 9.17) is 9.72 Å². The van der Waals surface area contributed by atoms with E-state index in [0.29, 0.717) is 41.8 Å². The molecule has 1 heterocycles.